The zero-order chi connectivity index (χ0) is 15.1. The molecule has 0 aliphatic carbocycles. The van der Waals surface area contributed by atoms with Crippen LogP contribution in [0, 0.1) is 22.7 Å². The number of anilines is 1. The quantitative estimate of drug-likeness (QED) is 0.871. The standard InChI is InChI=1S/C16H10N4O/c17-10-13(11-18)9-12-4-6-14(7-5-12)20-16(21)15-3-1-2-8-19-15/h1-9H,(H,20,21). The maximum absolute atomic E-state index is 11.9. The van der Waals surface area contributed by atoms with E-state index in [0.29, 0.717) is 16.9 Å². The van der Waals surface area contributed by atoms with Crippen LogP contribution >= 0.6 is 0 Å². The first-order valence-electron chi connectivity index (χ1n) is 6.07. The van der Waals surface area contributed by atoms with Gasteiger partial charge >= 0.3 is 0 Å². The van der Waals surface area contributed by atoms with Crippen LogP contribution in [0.25, 0.3) is 6.08 Å². The van der Waals surface area contributed by atoms with E-state index in [-0.39, 0.29) is 11.5 Å². The molecular weight excluding hydrogens is 264 g/mol. The largest absolute Gasteiger partial charge is 0.321 e. The molecule has 5 heteroatoms. The Balaban J connectivity index is 2.11. The molecule has 1 heterocycles. The van der Waals surface area contributed by atoms with Gasteiger partial charge in [0.25, 0.3) is 5.91 Å². The van der Waals surface area contributed by atoms with E-state index in [0.717, 1.165) is 0 Å². The Morgan fingerprint density at radius 3 is 2.38 bits per heavy atom. The van der Waals surface area contributed by atoms with Crippen LogP contribution in [-0.4, -0.2) is 10.9 Å². The minimum Gasteiger partial charge on any atom is -0.321 e. The topological polar surface area (TPSA) is 89.6 Å². The number of allylic oxidation sites excluding steroid dienone is 1. The number of aromatic nitrogens is 1. The highest BCUT2D eigenvalue weighted by molar-refractivity contribution is 6.02. The molecule has 0 bridgehead atoms. The lowest BCUT2D eigenvalue weighted by Gasteiger charge is -2.04. The maximum Gasteiger partial charge on any atom is 0.274 e. The summed E-state index contributed by atoms with van der Waals surface area (Å²) in [6, 6.07) is 15.5. The number of pyridine rings is 1. The van der Waals surface area contributed by atoms with Crippen molar-refractivity contribution in [1.29, 1.82) is 10.5 Å². The van der Waals surface area contributed by atoms with Gasteiger partial charge in [0.15, 0.2) is 0 Å². The number of carbonyl (C=O) groups is 1. The average molecular weight is 274 g/mol. The Morgan fingerprint density at radius 1 is 1.10 bits per heavy atom. The SMILES string of the molecule is N#CC(C#N)=Cc1ccc(NC(=O)c2ccccn2)cc1. The second-order valence-electron chi connectivity index (χ2n) is 4.07. The lowest BCUT2D eigenvalue weighted by atomic mass is 10.1. The number of benzene rings is 1. The van der Waals surface area contributed by atoms with Crippen molar-refractivity contribution in [1.82, 2.24) is 4.98 Å². The summed E-state index contributed by atoms with van der Waals surface area (Å²) in [6.45, 7) is 0. The molecule has 0 aliphatic heterocycles. The summed E-state index contributed by atoms with van der Waals surface area (Å²) < 4.78 is 0. The van der Waals surface area contributed by atoms with Crippen LogP contribution in [-0.2, 0) is 0 Å². The number of hydrogen-bond donors (Lipinski definition) is 1. The first kappa shape index (κ1) is 14.0. The van der Waals surface area contributed by atoms with Crippen LogP contribution in [0.4, 0.5) is 5.69 Å². The Kier molecular flexibility index (Phi) is 4.42. The van der Waals surface area contributed by atoms with Crippen LogP contribution in [0.2, 0.25) is 0 Å². The highest BCUT2D eigenvalue weighted by Gasteiger charge is 2.06. The molecular formula is C16H10N4O. The number of hydrogen-bond acceptors (Lipinski definition) is 4. The fourth-order valence-electron chi connectivity index (χ4n) is 1.61. The molecule has 0 spiro atoms. The Hall–Kier alpha value is -3.44. The summed E-state index contributed by atoms with van der Waals surface area (Å²) in [6.07, 6.45) is 3.03. The van der Waals surface area contributed by atoms with E-state index in [1.54, 1.807) is 60.8 Å². The van der Waals surface area contributed by atoms with Gasteiger partial charge in [-0.2, -0.15) is 10.5 Å². The summed E-state index contributed by atoms with van der Waals surface area (Å²) in [7, 11) is 0. The molecule has 1 amide bonds. The van der Waals surface area contributed by atoms with Gasteiger partial charge in [-0.1, -0.05) is 18.2 Å². The number of nitrogens with zero attached hydrogens (tertiary/aromatic N) is 3. The van der Waals surface area contributed by atoms with E-state index in [9.17, 15) is 4.79 Å². The molecule has 0 radical (unpaired) electrons. The second-order valence-corrected chi connectivity index (χ2v) is 4.07. The molecule has 21 heavy (non-hydrogen) atoms. The van der Waals surface area contributed by atoms with Crippen LogP contribution in [0.1, 0.15) is 16.1 Å². The third kappa shape index (κ3) is 3.76. The van der Waals surface area contributed by atoms with Crippen molar-refractivity contribution in [3.05, 3.63) is 65.5 Å². The number of carbonyl (C=O) groups excluding carboxylic acids is 1. The first-order chi connectivity index (χ1) is 10.2. The van der Waals surface area contributed by atoms with Gasteiger partial charge in [0.05, 0.1) is 0 Å². The smallest absolute Gasteiger partial charge is 0.274 e. The van der Waals surface area contributed by atoms with E-state index in [4.69, 9.17) is 10.5 Å². The molecule has 100 valence electrons. The fraction of sp³-hybridized carbons (Fsp3) is 0. The third-order valence-corrected chi connectivity index (χ3v) is 2.62. The van der Waals surface area contributed by atoms with Crippen molar-refractivity contribution in [2.24, 2.45) is 0 Å². The van der Waals surface area contributed by atoms with Gasteiger partial charge < -0.3 is 5.32 Å². The van der Waals surface area contributed by atoms with E-state index in [2.05, 4.69) is 10.3 Å². The van der Waals surface area contributed by atoms with Crippen molar-refractivity contribution in [3.8, 4) is 12.1 Å². The van der Waals surface area contributed by atoms with E-state index >= 15 is 0 Å². The highest BCUT2D eigenvalue weighted by Crippen LogP contribution is 2.13. The molecule has 2 aromatic rings. The third-order valence-electron chi connectivity index (χ3n) is 2.62. The summed E-state index contributed by atoms with van der Waals surface area (Å²) in [5.74, 6) is -0.298. The van der Waals surface area contributed by atoms with E-state index in [1.807, 2.05) is 0 Å². The monoisotopic (exact) mass is 274 g/mol. The van der Waals surface area contributed by atoms with Crippen LogP contribution in [0.15, 0.2) is 54.2 Å². The molecule has 1 aromatic carbocycles. The summed E-state index contributed by atoms with van der Waals surface area (Å²) in [5, 5.41) is 20.1. The average Bonchev–Trinajstić information content (AvgIpc) is 2.55. The number of rotatable bonds is 3. The molecule has 0 fully saturated rings. The van der Waals surface area contributed by atoms with Gasteiger partial charge in [-0.25, -0.2) is 0 Å². The van der Waals surface area contributed by atoms with Crippen molar-refractivity contribution < 1.29 is 4.79 Å². The normalized spacial score (nSPS) is 9.05. The molecule has 0 unspecified atom stereocenters. The van der Waals surface area contributed by atoms with Crippen molar-refractivity contribution in [2.45, 2.75) is 0 Å². The Morgan fingerprint density at radius 2 is 1.81 bits per heavy atom. The highest BCUT2D eigenvalue weighted by atomic mass is 16.1. The van der Waals surface area contributed by atoms with Gasteiger partial charge in [-0.3, -0.25) is 9.78 Å². The summed E-state index contributed by atoms with van der Waals surface area (Å²) in [5.41, 5.74) is 1.68. The van der Waals surface area contributed by atoms with Gasteiger partial charge in [-0.15, -0.1) is 0 Å². The predicted octanol–water partition coefficient (Wildman–Crippen LogP) is 2.76. The van der Waals surface area contributed by atoms with Crippen LogP contribution in [0.3, 0.4) is 0 Å². The van der Waals surface area contributed by atoms with Gasteiger partial charge in [-0.05, 0) is 35.9 Å². The van der Waals surface area contributed by atoms with Crippen molar-refractivity contribution in [2.75, 3.05) is 5.32 Å². The first-order valence-corrected chi connectivity index (χ1v) is 6.07. The van der Waals surface area contributed by atoms with Crippen molar-refractivity contribution >= 4 is 17.7 Å². The number of amides is 1. The number of nitrogens with one attached hydrogen (secondary N) is 1. The Bertz CT molecular complexity index is 734. The molecule has 2 rings (SSSR count). The predicted molar refractivity (Wildman–Crippen MR) is 77.8 cm³/mol. The zero-order valence-electron chi connectivity index (χ0n) is 10.9. The van der Waals surface area contributed by atoms with E-state index < -0.39 is 0 Å². The lowest BCUT2D eigenvalue weighted by molar-refractivity contribution is 0.102. The van der Waals surface area contributed by atoms with Gasteiger partial charge in [0.2, 0.25) is 0 Å². The number of nitriles is 2. The lowest BCUT2D eigenvalue weighted by Crippen LogP contribution is -2.13. The van der Waals surface area contributed by atoms with Gasteiger partial charge in [0, 0.05) is 11.9 Å². The fourth-order valence-corrected chi connectivity index (χ4v) is 1.61. The molecule has 0 saturated heterocycles. The minimum absolute atomic E-state index is 0.0280. The molecule has 0 saturated carbocycles. The Labute approximate surface area is 121 Å². The minimum atomic E-state index is -0.298. The second kappa shape index (κ2) is 6.65. The van der Waals surface area contributed by atoms with Crippen LogP contribution in [0.5, 0.6) is 0 Å². The molecule has 1 N–H and O–H groups in total. The molecule has 0 atom stereocenters. The molecule has 5 nitrogen and oxygen atoms in total. The van der Waals surface area contributed by atoms with Gasteiger partial charge in [0.1, 0.15) is 23.4 Å². The molecule has 0 aliphatic rings. The van der Waals surface area contributed by atoms with Crippen molar-refractivity contribution in [3.63, 3.8) is 0 Å². The summed E-state index contributed by atoms with van der Waals surface area (Å²) >= 11 is 0. The molecule has 1 aromatic heterocycles. The zero-order valence-corrected chi connectivity index (χ0v) is 10.9. The van der Waals surface area contributed by atoms with Crippen LogP contribution < -0.4 is 5.32 Å². The summed E-state index contributed by atoms with van der Waals surface area (Å²) in [4.78, 5) is 15.9. The van der Waals surface area contributed by atoms with E-state index in [1.165, 1.54) is 6.08 Å². The maximum atomic E-state index is 11.9.